The van der Waals surface area contributed by atoms with Gasteiger partial charge in [-0.15, -0.1) is 22.9 Å². The van der Waals surface area contributed by atoms with Gasteiger partial charge in [0.2, 0.25) is 10.0 Å². The fourth-order valence-electron chi connectivity index (χ4n) is 1.17. The van der Waals surface area contributed by atoms with Gasteiger partial charge < -0.3 is 0 Å². The summed E-state index contributed by atoms with van der Waals surface area (Å²) in [4.78, 5) is 1.12. The Kier molecular flexibility index (Phi) is 5.25. The summed E-state index contributed by atoms with van der Waals surface area (Å²) in [7, 11) is -3.39. The number of sulfonamides is 1. The summed E-state index contributed by atoms with van der Waals surface area (Å²) < 4.78 is 27.1. The smallest absolute Gasteiger partial charge is 0.211 e. The molecular formula is C9H13BrClNO2S2. The maximum atomic E-state index is 11.9. The summed E-state index contributed by atoms with van der Waals surface area (Å²) in [5, 5.41) is -0.0296. The van der Waals surface area contributed by atoms with Gasteiger partial charge in [0.05, 0.1) is 8.68 Å². The zero-order valence-corrected chi connectivity index (χ0v) is 12.9. The van der Waals surface area contributed by atoms with Crippen LogP contribution in [-0.4, -0.2) is 20.3 Å². The summed E-state index contributed by atoms with van der Waals surface area (Å²) >= 11 is 10.4. The second kappa shape index (κ2) is 5.82. The average molecular weight is 347 g/mol. The first-order valence-electron chi connectivity index (χ1n) is 4.72. The summed E-state index contributed by atoms with van der Waals surface area (Å²) in [5.41, 5.74) is 0. The Morgan fingerprint density at radius 3 is 2.69 bits per heavy atom. The molecule has 0 fully saturated rings. The van der Waals surface area contributed by atoms with E-state index in [9.17, 15) is 8.42 Å². The lowest BCUT2D eigenvalue weighted by Gasteiger charge is -2.06. The van der Waals surface area contributed by atoms with Crippen LogP contribution in [0.4, 0.5) is 0 Å². The highest BCUT2D eigenvalue weighted by atomic mass is 79.9. The van der Waals surface area contributed by atoms with Crippen molar-refractivity contribution in [1.29, 1.82) is 0 Å². The molecule has 0 aliphatic carbocycles. The van der Waals surface area contributed by atoms with Gasteiger partial charge in [-0.25, -0.2) is 13.1 Å². The maximum absolute atomic E-state index is 11.9. The molecule has 0 bridgehead atoms. The number of thiophene rings is 1. The van der Waals surface area contributed by atoms with Gasteiger partial charge in [-0.3, -0.25) is 0 Å². The molecule has 1 aromatic rings. The van der Waals surface area contributed by atoms with Crippen LogP contribution in [0.1, 0.15) is 18.2 Å². The SMILES string of the molecule is Cc1sc(Br)cc1S(=O)(=O)NCCC(C)Cl. The third-order valence-corrected chi connectivity index (χ3v) is 5.45. The molecule has 1 aromatic heterocycles. The van der Waals surface area contributed by atoms with Crippen molar-refractivity contribution in [3.8, 4) is 0 Å². The molecule has 0 aliphatic rings. The normalized spacial score (nSPS) is 14.0. The van der Waals surface area contributed by atoms with Crippen molar-refractivity contribution in [2.45, 2.75) is 30.5 Å². The minimum atomic E-state index is -3.39. The largest absolute Gasteiger partial charge is 0.241 e. The van der Waals surface area contributed by atoms with Crippen LogP contribution >= 0.6 is 38.9 Å². The van der Waals surface area contributed by atoms with Crippen molar-refractivity contribution in [2.75, 3.05) is 6.54 Å². The summed E-state index contributed by atoms with van der Waals surface area (Å²) in [6, 6.07) is 1.62. The average Bonchev–Trinajstić information content (AvgIpc) is 2.44. The summed E-state index contributed by atoms with van der Waals surface area (Å²) in [6.45, 7) is 3.98. The lowest BCUT2D eigenvalue weighted by Crippen LogP contribution is -2.26. The van der Waals surface area contributed by atoms with Crippen molar-refractivity contribution in [2.24, 2.45) is 0 Å². The van der Waals surface area contributed by atoms with Gasteiger partial charge in [0, 0.05) is 16.8 Å². The number of aryl methyl sites for hydroxylation is 1. The molecule has 7 heteroatoms. The molecule has 1 atom stereocenters. The molecule has 0 amide bonds. The molecule has 0 aromatic carbocycles. The fraction of sp³-hybridized carbons (Fsp3) is 0.556. The molecule has 1 N–H and O–H groups in total. The Balaban J connectivity index is 2.75. The first-order valence-corrected chi connectivity index (χ1v) is 8.25. The summed E-state index contributed by atoms with van der Waals surface area (Å²) in [6.07, 6.45) is 0.616. The molecule has 0 spiro atoms. The molecule has 0 aliphatic heterocycles. The molecule has 92 valence electrons. The van der Waals surface area contributed by atoms with Crippen molar-refractivity contribution < 1.29 is 8.42 Å². The third kappa shape index (κ3) is 4.00. The quantitative estimate of drug-likeness (QED) is 0.833. The molecule has 16 heavy (non-hydrogen) atoms. The first-order chi connectivity index (χ1) is 7.33. The van der Waals surface area contributed by atoms with E-state index in [2.05, 4.69) is 20.7 Å². The molecule has 0 radical (unpaired) electrons. The predicted octanol–water partition coefficient (Wildman–Crippen LogP) is 3.11. The highest BCUT2D eigenvalue weighted by Gasteiger charge is 2.18. The van der Waals surface area contributed by atoms with E-state index in [-0.39, 0.29) is 5.38 Å². The van der Waals surface area contributed by atoms with Crippen LogP contribution in [0.15, 0.2) is 14.7 Å². The predicted molar refractivity (Wildman–Crippen MR) is 71.9 cm³/mol. The first kappa shape index (κ1) is 14.4. The Labute approximate surface area is 113 Å². The van der Waals surface area contributed by atoms with Gasteiger partial charge in [-0.2, -0.15) is 0 Å². The van der Waals surface area contributed by atoms with E-state index in [4.69, 9.17) is 11.6 Å². The number of rotatable bonds is 5. The second-order valence-corrected chi connectivity index (χ2v) is 8.55. The standard InChI is InChI=1S/C9H13BrClNO2S2/c1-6(11)3-4-12-16(13,14)8-5-9(10)15-7(8)2/h5-6,12H,3-4H2,1-2H3. The zero-order valence-electron chi connectivity index (χ0n) is 8.96. The van der Waals surface area contributed by atoms with Gasteiger partial charge in [0.1, 0.15) is 0 Å². The highest BCUT2D eigenvalue weighted by molar-refractivity contribution is 9.11. The minimum absolute atomic E-state index is 0.0296. The van der Waals surface area contributed by atoms with Crippen molar-refractivity contribution in [3.63, 3.8) is 0 Å². The van der Waals surface area contributed by atoms with E-state index < -0.39 is 10.0 Å². The van der Waals surface area contributed by atoms with Gasteiger partial charge in [0.25, 0.3) is 0 Å². The van der Waals surface area contributed by atoms with Crippen LogP contribution in [0.5, 0.6) is 0 Å². The zero-order chi connectivity index (χ0) is 12.3. The monoisotopic (exact) mass is 345 g/mol. The van der Waals surface area contributed by atoms with Crippen LogP contribution in [0.3, 0.4) is 0 Å². The molecule has 0 saturated heterocycles. The van der Waals surface area contributed by atoms with E-state index in [1.165, 1.54) is 11.3 Å². The minimum Gasteiger partial charge on any atom is -0.211 e. The number of nitrogens with one attached hydrogen (secondary N) is 1. The topological polar surface area (TPSA) is 46.2 Å². The van der Waals surface area contributed by atoms with Crippen LogP contribution in [0, 0.1) is 6.92 Å². The molecular weight excluding hydrogens is 334 g/mol. The molecule has 1 unspecified atom stereocenters. The van der Waals surface area contributed by atoms with Crippen LogP contribution in [0.25, 0.3) is 0 Å². The molecule has 1 heterocycles. The highest BCUT2D eigenvalue weighted by Crippen LogP contribution is 2.29. The molecule has 1 rings (SSSR count). The van der Waals surface area contributed by atoms with Crippen molar-refractivity contribution >= 4 is 48.9 Å². The number of alkyl halides is 1. The third-order valence-electron chi connectivity index (χ3n) is 1.97. The number of halogens is 2. The van der Waals surface area contributed by atoms with Gasteiger partial charge in [-0.1, -0.05) is 0 Å². The Morgan fingerprint density at radius 2 is 2.25 bits per heavy atom. The molecule has 3 nitrogen and oxygen atoms in total. The van der Waals surface area contributed by atoms with Crippen LogP contribution in [0.2, 0.25) is 0 Å². The lowest BCUT2D eigenvalue weighted by atomic mass is 10.3. The Hall–Kier alpha value is 0.380. The van der Waals surface area contributed by atoms with Crippen LogP contribution in [-0.2, 0) is 10.0 Å². The Bertz CT molecular complexity index is 456. The summed E-state index contributed by atoms with van der Waals surface area (Å²) in [5.74, 6) is 0. The Morgan fingerprint density at radius 1 is 1.62 bits per heavy atom. The van der Waals surface area contributed by atoms with Crippen molar-refractivity contribution in [3.05, 3.63) is 14.7 Å². The number of hydrogen-bond donors (Lipinski definition) is 1. The van der Waals surface area contributed by atoms with E-state index in [0.29, 0.717) is 17.9 Å². The second-order valence-electron chi connectivity index (χ2n) is 3.44. The van der Waals surface area contributed by atoms with Gasteiger partial charge >= 0.3 is 0 Å². The van der Waals surface area contributed by atoms with E-state index >= 15 is 0 Å². The van der Waals surface area contributed by atoms with E-state index in [1.54, 1.807) is 13.0 Å². The fourth-order valence-corrected chi connectivity index (χ4v) is 4.74. The van der Waals surface area contributed by atoms with Crippen molar-refractivity contribution in [1.82, 2.24) is 4.72 Å². The van der Waals surface area contributed by atoms with E-state index in [1.807, 2.05) is 6.92 Å². The van der Waals surface area contributed by atoms with Crippen LogP contribution < -0.4 is 4.72 Å². The maximum Gasteiger partial charge on any atom is 0.241 e. The number of hydrogen-bond acceptors (Lipinski definition) is 3. The lowest BCUT2D eigenvalue weighted by molar-refractivity contribution is 0.578. The van der Waals surface area contributed by atoms with E-state index in [0.717, 1.165) is 8.66 Å². The molecule has 0 saturated carbocycles. The van der Waals surface area contributed by atoms with Gasteiger partial charge in [-0.05, 0) is 42.3 Å². The van der Waals surface area contributed by atoms with Gasteiger partial charge in [0.15, 0.2) is 0 Å².